The first-order valence-corrected chi connectivity index (χ1v) is 8.66. The summed E-state index contributed by atoms with van der Waals surface area (Å²) in [4.78, 5) is 31.9. The van der Waals surface area contributed by atoms with Crippen molar-refractivity contribution in [2.24, 2.45) is 5.73 Å². The Labute approximate surface area is 166 Å². The summed E-state index contributed by atoms with van der Waals surface area (Å²) in [7, 11) is 0. The molecule has 9 heteroatoms. The number of nitrogens with two attached hydrogens (primary N) is 3. The van der Waals surface area contributed by atoms with Gasteiger partial charge >= 0.3 is 0 Å². The number of carbonyl (C=O) groups is 2. The third kappa shape index (κ3) is 4.64. The second kappa shape index (κ2) is 8.34. The van der Waals surface area contributed by atoms with E-state index in [-0.39, 0.29) is 35.2 Å². The van der Waals surface area contributed by atoms with E-state index in [4.69, 9.17) is 17.2 Å². The number of carbonyl (C=O) groups excluding carboxylic acids is 2. The number of amides is 2. The molecule has 2 aromatic carbocycles. The highest BCUT2D eigenvalue weighted by atomic mass is 19.1. The van der Waals surface area contributed by atoms with Gasteiger partial charge in [-0.2, -0.15) is 0 Å². The quantitative estimate of drug-likeness (QED) is 0.464. The second-order valence-electron chi connectivity index (χ2n) is 6.33. The van der Waals surface area contributed by atoms with Gasteiger partial charge in [-0.3, -0.25) is 9.59 Å². The van der Waals surface area contributed by atoms with Crippen molar-refractivity contribution >= 4 is 23.3 Å². The van der Waals surface area contributed by atoms with Crippen molar-refractivity contribution in [3.63, 3.8) is 0 Å². The third-order valence-corrected chi connectivity index (χ3v) is 4.24. The van der Waals surface area contributed by atoms with Crippen LogP contribution in [0.3, 0.4) is 0 Å². The van der Waals surface area contributed by atoms with Gasteiger partial charge in [-0.25, -0.2) is 14.4 Å². The number of rotatable bonds is 6. The number of halogens is 1. The zero-order chi connectivity index (χ0) is 21.0. The van der Waals surface area contributed by atoms with Crippen LogP contribution in [0, 0.1) is 5.82 Å². The van der Waals surface area contributed by atoms with E-state index in [1.165, 1.54) is 18.3 Å². The van der Waals surface area contributed by atoms with Crippen LogP contribution in [0.4, 0.5) is 15.9 Å². The number of benzene rings is 2. The van der Waals surface area contributed by atoms with Crippen LogP contribution in [0.2, 0.25) is 0 Å². The SMILES string of the molecule is NC(=O)c1nc(Cc2cccc(C(=O)NCc3c(N)cccc3F)c2)cnc1N. The molecule has 0 aliphatic rings. The predicted octanol–water partition coefficient (Wildman–Crippen LogP) is 1.40. The minimum atomic E-state index is -0.766. The molecule has 0 atom stereocenters. The molecule has 3 rings (SSSR count). The van der Waals surface area contributed by atoms with Crippen molar-refractivity contribution < 1.29 is 14.0 Å². The van der Waals surface area contributed by atoms with Gasteiger partial charge in [0, 0.05) is 29.8 Å². The number of hydrogen-bond donors (Lipinski definition) is 4. The number of hydrogen-bond acceptors (Lipinski definition) is 6. The lowest BCUT2D eigenvalue weighted by Crippen LogP contribution is -2.24. The Morgan fingerprint density at radius 2 is 1.86 bits per heavy atom. The van der Waals surface area contributed by atoms with E-state index in [0.717, 1.165) is 5.56 Å². The normalized spacial score (nSPS) is 10.5. The number of aromatic nitrogens is 2. The Balaban J connectivity index is 1.73. The highest BCUT2D eigenvalue weighted by Gasteiger charge is 2.13. The van der Waals surface area contributed by atoms with Crippen molar-refractivity contribution in [1.82, 2.24) is 15.3 Å². The van der Waals surface area contributed by atoms with E-state index in [0.29, 0.717) is 17.7 Å². The molecule has 0 bridgehead atoms. The van der Waals surface area contributed by atoms with Crippen LogP contribution in [0.25, 0.3) is 0 Å². The van der Waals surface area contributed by atoms with E-state index < -0.39 is 11.7 Å². The Morgan fingerprint density at radius 3 is 2.59 bits per heavy atom. The fourth-order valence-electron chi connectivity index (χ4n) is 2.77. The average Bonchev–Trinajstić information content (AvgIpc) is 2.69. The molecule has 29 heavy (non-hydrogen) atoms. The standard InChI is InChI=1S/C20H19FN6O2/c21-15-5-2-6-16(22)14(15)10-26-20(29)12-4-1-3-11(7-12)8-13-9-25-18(23)17(27-13)19(24)28/h1-7,9H,8,10,22H2,(H2,23,25)(H2,24,28)(H,26,29). The first-order chi connectivity index (χ1) is 13.8. The first kappa shape index (κ1) is 19.7. The molecule has 0 aliphatic carbocycles. The number of anilines is 2. The number of nitrogen functional groups attached to an aromatic ring is 2. The largest absolute Gasteiger partial charge is 0.398 e. The molecule has 0 saturated carbocycles. The predicted molar refractivity (Wildman–Crippen MR) is 106 cm³/mol. The fraction of sp³-hybridized carbons (Fsp3) is 0.100. The summed E-state index contributed by atoms with van der Waals surface area (Å²) in [6, 6.07) is 11.2. The van der Waals surface area contributed by atoms with Crippen molar-refractivity contribution in [3.8, 4) is 0 Å². The third-order valence-electron chi connectivity index (χ3n) is 4.24. The molecule has 2 amide bonds. The molecule has 0 fully saturated rings. The molecule has 0 radical (unpaired) electrons. The summed E-state index contributed by atoms with van der Waals surface area (Å²) in [5.74, 6) is -1.67. The Hall–Kier alpha value is -4.01. The molecule has 1 aromatic heterocycles. The molecule has 148 valence electrons. The topological polar surface area (TPSA) is 150 Å². The number of nitrogens with zero attached hydrogens (tertiary/aromatic N) is 2. The lowest BCUT2D eigenvalue weighted by Gasteiger charge is -2.10. The van der Waals surface area contributed by atoms with Crippen molar-refractivity contribution in [3.05, 3.63) is 82.6 Å². The van der Waals surface area contributed by atoms with Crippen LogP contribution in [0.1, 0.15) is 37.7 Å². The average molecular weight is 394 g/mol. The van der Waals surface area contributed by atoms with Crippen LogP contribution in [-0.4, -0.2) is 21.8 Å². The minimum Gasteiger partial charge on any atom is -0.398 e. The van der Waals surface area contributed by atoms with Crippen LogP contribution >= 0.6 is 0 Å². The highest BCUT2D eigenvalue weighted by Crippen LogP contribution is 2.16. The zero-order valence-electron chi connectivity index (χ0n) is 15.4. The number of nitrogens with one attached hydrogen (secondary N) is 1. The summed E-state index contributed by atoms with van der Waals surface area (Å²) in [5, 5.41) is 2.65. The fourth-order valence-corrected chi connectivity index (χ4v) is 2.77. The summed E-state index contributed by atoms with van der Waals surface area (Å²) in [6.07, 6.45) is 1.75. The van der Waals surface area contributed by atoms with E-state index >= 15 is 0 Å². The van der Waals surface area contributed by atoms with Gasteiger partial charge in [-0.15, -0.1) is 0 Å². The second-order valence-corrected chi connectivity index (χ2v) is 6.33. The Morgan fingerprint density at radius 1 is 1.10 bits per heavy atom. The van der Waals surface area contributed by atoms with E-state index in [2.05, 4.69) is 15.3 Å². The summed E-state index contributed by atoms with van der Waals surface area (Å²) in [5.41, 5.74) is 18.6. The molecule has 3 aromatic rings. The smallest absolute Gasteiger partial charge is 0.271 e. The molecule has 0 saturated heterocycles. The van der Waals surface area contributed by atoms with Gasteiger partial charge in [0.2, 0.25) is 0 Å². The lowest BCUT2D eigenvalue weighted by atomic mass is 10.1. The molecule has 0 spiro atoms. The van der Waals surface area contributed by atoms with E-state index in [1.54, 1.807) is 30.3 Å². The van der Waals surface area contributed by atoms with Crippen molar-refractivity contribution in [2.45, 2.75) is 13.0 Å². The molecule has 1 heterocycles. The monoisotopic (exact) mass is 394 g/mol. The molecule has 0 aliphatic heterocycles. The van der Waals surface area contributed by atoms with E-state index in [1.807, 2.05) is 0 Å². The minimum absolute atomic E-state index is 0.0347. The molecule has 8 nitrogen and oxygen atoms in total. The lowest BCUT2D eigenvalue weighted by molar-refractivity contribution is 0.0949. The van der Waals surface area contributed by atoms with Crippen LogP contribution < -0.4 is 22.5 Å². The van der Waals surface area contributed by atoms with E-state index in [9.17, 15) is 14.0 Å². The van der Waals surface area contributed by atoms with Crippen LogP contribution in [0.5, 0.6) is 0 Å². The molecule has 0 unspecified atom stereocenters. The van der Waals surface area contributed by atoms with Gasteiger partial charge in [0.1, 0.15) is 5.82 Å². The first-order valence-electron chi connectivity index (χ1n) is 8.66. The van der Waals surface area contributed by atoms with Gasteiger partial charge in [0.05, 0.1) is 11.9 Å². The van der Waals surface area contributed by atoms with Gasteiger partial charge in [0.25, 0.3) is 11.8 Å². The van der Waals surface area contributed by atoms with Crippen molar-refractivity contribution in [1.29, 1.82) is 0 Å². The maximum absolute atomic E-state index is 13.8. The van der Waals surface area contributed by atoms with Gasteiger partial charge in [0.15, 0.2) is 11.5 Å². The van der Waals surface area contributed by atoms with Gasteiger partial charge in [-0.05, 0) is 29.8 Å². The van der Waals surface area contributed by atoms with Crippen LogP contribution in [-0.2, 0) is 13.0 Å². The van der Waals surface area contributed by atoms with Crippen LogP contribution in [0.15, 0.2) is 48.7 Å². The molecule has 7 N–H and O–H groups in total. The highest BCUT2D eigenvalue weighted by molar-refractivity contribution is 5.95. The summed E-state index contributed by atoms with van der Waals surface area (Å²) in [6.45, 7) is -0.0347. The Kier molecular flexibility index (Phi) is 5.68. The van der Waals surface area contributed by atoms with Crippen molar-refractivity contribution in [2.75, 3.05) is 11.5 Å². The molecular formula is C20H19FN6O2. The summed E-state index contributed by atoms with van der Waals surface area (Å²) < 4.78 is 13.8. The molecular weight excluding hydrogens is 375 g/mol. The zero-order valence-corrected chi connectivity index (χ0v) is 15.4. The maximum atomic E-state index is 13.8. The maximum Gasteiger partial charge on any atom is 0.271 e. The summed E-state index contributed by atoms with van der Waals surface area (Å²) >= 11 is 0. The van der Waals surface area contributed by atoms with Gasteiger partial charge in [-0.1, -0.05) is 18.2 Å². The Bertz CT molecular complexity index is 1070. The van der Waals surface area contributed by atoms with Gasteiger partial charge < -0.3 is 22.5 Å². The number of primary amides is 1.